The largest absolute Gasteiger partial charge is 0.508 e. The maximum Gasteiger partial charge on any atom is 0.326 e. The third kappa shape index (κ3) is 22.0. The van der Waals surface area contributed by atoms with Crippen molar-refractivity contribution >= 4 is 77.0 Å². The molecule has 0 saturated carbocycles. The van der Waals surface area contributed by atoms with E-state index in [4.69, 9.17) is 17.2 Å². The van der Waals surface area contributed by atoms with Crippen LogP contribution in [0.15, 0.2) is 54.6 Å². The van der Waals surface area contributed by atoms with E-state index >= 15 is 0 Å². The molecule has 0 radical (unpaired) electrons. The van der Waals surface area contributed by atoms with Crippen molar-refractivity contribution in [2.75, 3.05) is 13.1 Å². The molecule has 0 spiro atoms. The zero-order chi connectivity index (χ0) is 57.5. The number of phenols is 1. The van der Waals surface area contributed by atoms with E-state index in [2.05, 4.69) is 37.2 Å². The Morgan fingerprint density at radius 3 is 1.70 bits per heavy atom. The van der Waals surface area contributed by atoms with E-state index in [0.29, 0.717) is 17.5 Å². The highest BCUT2D eigenvalue weighted by molar-refractivity contribution is 5.99. The molecule has 420 valence electrons. The van der Waals surface area contributed by atoms with Crippen LogP contribution < -0.4 is 54.4 Å². The van der Waals surface area contributed by atoms with Crippen LogP contribution in [0.1, 0.15) is 82.8 Å². The van der Waals surface area contributed by atoms with Crippen molar-refractivity contribution in [3.63, 3.8) is 0 Å². The lowest BCUT2D eigenvalue weighted by atomic mass is 10.0. The number of carboxylic acids is 3. The average Bonchev–Trinajstić information content (AvgIpc) is 3.85. The molecule has 10 amide bonds. The molecule has 8 atom stereocenters. The highest BCUT2D eigenvalue weighted by atomic mass is 16.4. The number of nitrogens with zero attached hydrogens (tertiary/aromatic N) is 1. The molecule has 1 saturated heterocycles. The minimum atomic E-state index is -1.97. The maximum absolute atomic E-state index is 14.5. The van der Waals surface area contributed by atoms with Crippen molar-refractivity contribution in [1.82, 2.24) is 42.1 Å². The third-order valence-electron chi connectivity index (χ3n) is 11.9. The Kier molecular flexibility index (Phi) is 24.9. The molecule has 0 aliphatic carbocycles. The normalized spacial score (nSPS) is 15.6. The third-order valence-corrected chi connectivity index (χ3v) is 11.9. The minimum absolute atomic E-state index is 0.00374. The highest BCUT2D eigenvalue weighted by Crippen LogP contribution is 2.21. The summed E-state index contributed by atoms with van der Waals surface area (Å²) in [6.45, 7) is 2.52. The second-order valence-electron chi connectivity index (χ2n) is 18.7. The number of rotatable bonds is 32. The van der Waals surface area contributed by atoms with Crippen molar-refractivity contribution < 1.29 is 82.8 Å². The fourth-order valence-electron chi connectivity index (χ4n) is 8.01. The SMILES string of the molecule is CC(C)C[C@H](NC(=O)[C@H](CCC(=O)O)NC(=O)CNC(=O)[C@@H](N)CC(N)=O)C(=O)N[C@@H](CCC(N)=O)C(=O)N[C@@H](CC(=O)O)C(=O)N[C@@H](Cc1ccccc1)C(=O)N1CCC[C@H]1C(=O)N[C@@H](Cc1ccc(O)cc1)C(=O)O. The number of carbonyl (C=O) groups is 13. The van der Waals surface area contributed by atoms with Gasteiger partial charge in [-0.3, -0.25) is 57.5 Å². The fraction of sp³-hybridized carbons (Fsp3) is 0.490. The number of likely N-dealkylation sites (tertiary alicyclic amines) is 1. The Hall–Kier alpha value is -8.69. The van der Waals surface area contributed by atoms with Crippen LogP contribution >= 0.6 is 0 Å². The van der Waals surface area contributed by atoms with Gasteiger partial charge < -0.3 is 79.7 Å². The lowest BCUT2D eigenvalue weighted by molar-refractivity contribution is -0.145. The van der Waals surface area contributed by atoms with Gasteiger partial charge in [-0.05, 0) is 61.3 Å². The molecule has 1 aliphatic rings. The predicted octanol–water partition coefficient (Wildman–Crippen LogP) is -3.87. The zero-order valence-corrected chi connectivity index (χ0v) is 42.4. The van der Waals surface area contributed by atoms with Crippen molar-refractivity contribution in [2.24, 2.45) is 23.1 Å². The van der Waals surface area contributed by atoms with Crippen molar-refractivity contribution in [2.45, 2.75) is 133 Å². The van der Waals surface area contributed by atoms with E-state index in [1.807, 2.05) is 0 Å². The van der Waals surface area contributed by atoms with Gasteiger partial charge in [-0.25, -0.2) is 4.79 Å². The van der Waals surface area contributed by atoms with Gasteiger partial charge in [0.15, 0.2) is 0 Å². The smallest absolute Gasteiger partial charge is 0.326 e. The number of primary amides is 2. The number of benzene rings is 2. The van der Waals surface area contributed by atoms with Crippen molar-refractivity contribution in [3.8, 4) is 5.75 Å². The van der Waals surface area contributed by atoms with Crippen molar-refractivity contribution in [3.05, 3.63) is 65.7 Å². The first-order valence-electron chi connectivity index (χ1n) is 24.4. The highest BCUT2D eigenvalue weighted by Gasteiger charge is 2.40. The van der Waals surface area contributed by atoms with Crippen LogP contribution in [0.3, 0.4) is 0 Å². The summed E-state index contributed by atoms with van der Waals surface area (Å²) in [6.07, 6.45) is -4.03. The van der Waals surface area contributed by atoms with Gasteiger partial charge in [0.2, 0.25) is 59.1 Å². The summed E-state index contributed by atoms with van der Waals surface area (Å²) in [5, 5.41) is 55.3. The van der Waals surface area contributed by atoms with Crippen LogP contribution in [0.5, 0.6) is 5.75 Å². The molecule has 1 heterocycles. The molecule has 2 aromatic rings. The molecule has 0 bridgehead atoms. The standard InChI is InChI=1S/C49H67N11O17/c1-25(2)19-32(56-43(70)30(15-17-40(65)66)54-39(64)24-53-42(69)29(50)22-38(52)63)45(72)55-31(14-16-37(51)62)44(71)57-33(23-41(67)68)46(73)58-34(20-26-7-4-3-5-8-26)48(75)60-18-6-9-36(60)47(74)59-35(49(76)77)21-27-10-12-28(61)13-11-27/h3-5,7-8,10-13,25,29-36,61H,6,9,14-24,50H2,1-2H3,(H2,51,62)(H2,52,63)(H,53,69)(H,54,64)(H,55,72)(H,56,70)(H,57,71)(H,58,73)(H,59,74)(H,65,66)(H,67,68)(H,76,77)/t29-,30-,31-,32-,33-,34-,35-,36-/m0/s1. The number of hydrogen-bond acceptors (Lipinski definition) is 15. The van der Waals surface area contributed by atoms with Gasteiger partial charge >= 0.3 is 17.9 Å². The van der Waals surface area contributed by atoms with Gasteiger partial charge in [-0.2, -0.15) is 0 Å². The van der Waals surface area contributed by atoms with Crippen LogP contribution in [0.25, 0.3) is 0 Å². The quantitative estimate of drug-likeness (QED) is 0.0333. The maximum atomic E-state index is 14.5. The van der Waals surface area contributed by atoms with Gasteiger partial charge in [0, 0.05) is 32.2 Å². The Morgan fingerprint density at radius 2 is 1.13 bits per heavy atom. The molecular formula is C49H67N11O17. The van der Waals surface area contributed by atoms with Crippen LogP contribution in [0, 0.1) is 5.92 Å². The summed E-state index contributed by atoms with van der Waals surface area (Å²) < 4.78 is 0. The lowest BCUT2D eigenvalue weighted by Crippen LogP contribution is -2.60. The molecule has 77 heavy (non-hydrogen) atoms. The number of amides is 10. The summed E-state index contributed by atoms with van der Waals surface area (Å²) >= 11 is 0. The van der Waals surface area contributed by atoms with E-state index in [0.717, 1.165) is 4.90 Å². The van der Waals surface area contributed by atoms with Crippen LogP contribution in [-0.2, 0) is 75.2 Å². The first-order valence-corrected chi connectivity index (χ1v) is 24.4. The molecule has 2 aromatic carbocycles. The summed E-state index contributed by atoms with van der Waals surface area (Å²) in [5.74, 6) is -14.8. The van der Waals surface area contributed by atoms with Crippen LogP contribution in [-0.4, -0.2) is 164 Å². The first-order chi connectivity index (χ1) is 36.2. The number of nitrogens with one attached hydrogen (secondary N) is 7. The van der Waals surface area contributed by atoms with Crippen LogP contribution in [0.2, 0.25) is 0 Å². The van der Waals surface area contributed by atoms with E-state index in [1.165, 1.54) is 24.3 Å². The molecule has 0 aromatic heterocycles. The molecule has 28 heteroatoms. The molecule has 0 unspecified atom stereocenters. The first kappa shape index (κ1) is 62.6. The molecule has 3 rings (SSSR count). The van der Waals surface area contributed by atoms with Gasteiger partial charge in [0.1, 0.15) is 48.0 Å². The Labute approximate surface area is 441 Å². The van der Waals surface area contributed by atoms with Gasteiger partial charge in [0.05, 0.1) is 25.4 Å². The summed E-state index contributed by atoms with van der Waals surface area (Å²) in [6, 6.07) is 1.41. The summed E-state index contributed by atoms with van der Waals surface area (Å²) in [4.78, 5) is 169. The van der Waals surface area contributed by atoms with Gasteiger partial charge in [0.25, 0.3) is 0 Å². The second-order valence-corrected chi connectivity index (χ2v) is 18.7. The lowest BCUT2D eigenvalue weighted by Gasteiger charge is -2.30. The summed E-state index contributed by atoms with van der Waals surface area (Å²) in [5.41, 5.74) is 17.0. The number of carbonyl (C=O) groups excluding carboxylic acids is 10. The molecule has 28 nitrogen and oxygen atoms in total. The van der Waals surface area contributed by atoms with E-state index in [-0.39, 0.29) is 43.9 Å². The molecule has 17 N–H and O–H groups in total. The van der Waals surface area contributed by atoms with Gasteiger partial charge in [-0.1, -0.05) is 56.3 Å². The number of hydrogen-bond donors (Lipinski definition) is 14. The predicted molar refractivity (Wildman–Crippen MR) is 268 cm³/mol. The van der Waals surface area contributed by atoms with E-state index in [9.17, 15) is 82.8 Å². The fourth-order valence-corrected chi connectivity index (χ4v) is 8.01. The number of carboxylic acid groups (broad SMARTS) is 3. The Balaban J connectivity index is 1.87. The Bertz CT molecular complexity index is 2480. The van der Waals surface area contributed by atoms with E-state index in [1.54, 1.807) is 44.2 Å². The monoisotopic (exact) mass is 1080 g/mol. The molecular weight excluding hydrogens is 1010 g/mol. The van der Waals surface area contributed by atoms with Gasteiger partial charge in [-0.15, -0.1) is 0 Å². The number of aromatic hydroxyl groups is 1. The molecule has 1 fully saturated rings. The summed E-state index contributed by atoms with van der Waals surface area (Å²) in [7, 11) is 0. The second kappa shape index (κ2) is 30.6. The van der Waals surface area contributed by atoms with Crippen molar-refractivity contribution in [1.29, 1.82) is 0 Å². The zero-order valence-electron chi connectivity index (χ0n) is 42.4. The molecule has 1 aliphatic heterocycles. The number of phenolic OH excluding ortho intramolecular Hbond substituents is 1. The minimum Gasteiger partial charge on any atom is -0.508 e. The number of aliphatic carboxylic acids is 3. The average molecular weight is 1080 g/mol. The topological polar surface area (TPSA) is 468 Å². The van der Waals surface area contributed by atoms with Crippen LogP contribution in [0.4, 0.5) is 0 Å². The Morgan fingerprint density at radius 1 is 0.597 bits per heavy atom. The number of nitrogens with two attached hydrogens (primary N) is 3. The van der Waals surface area contributed by atoms with E-state index < -0.39 is 170 Å².